The molecule has 0 heterocycles. The third-order valence-electron chi connectivity index (χ3n) is 7.33. The van der Waals surface area contributed by atoms with E-state index in [0.29, 0.717) is 32.7 Å². The van der Waals surface area contributed by atoms with Gasteiger partial charge in [0.2, 0.25) is 0 Å². The molecule has 0 amide bonds. The van der Waals surface area contributed by atoms with E-state index in [0.717, 1.165) is 12.8 Å². The maximum atomic E-state index is 13.6. The molecular weight excluding hydrogens is 454 g/mol. The summed E-state index contributed by atoms with van der Waals surface area (Å²) in [6.07, 6.45) is 19.3. The van der Waals surface area contributed by atoms with Gasteiger partial charge in [-0.25, -0.2) is 0 Å². The first-order valence-corrected chi connectivity index (χ1v) is 16.7. The second kappa shape index (κ2) is 19.8. The van der Waals surface area contributed by atoms with Crippen LogP contribution >= 0.6 is 0 Å². The molecule has 0 aliphatic carbocycles. The molecule has 0 radical (unpaired) electrons. The molecule has 2 N–H and O–H groups in total. The Hall–Kier alpha value is -0.273. The van der Waals surface area contributed by atoms with Crippen LogP contribution < -0.4 is 5.73 Å². The van der Waals surface area contributed by atoms with E-state index in [1.165, 1.54) is 77.0 Å². The fourth-order valence-electron chi connectivity index (χ4n) is 5.49. The van der Waals surface area contributed by atoms with Crippen LogP contribution in [0.5, 0.6) is 0 Å². The Morgan fingerprint density at radius 1 is 0.629 bits per heavy atom. The van der Waals surface area contributed by atoms with Crippen molar-refractivity contribution in [2.24, 2.45) is 5.73 Å². The summed E-state index contributed by atoms with van der Waals surface area (Å²) in [7, 11) is -3.37. The molecule has 0 aromatic carbocycles. The Balaban J connectivity index is 4.87. The molecule has 0 aromatic heterocycles. The number of carbonyl (C=O) groups excluding carboxylic acids is 1. The van der Waals surface area contributed by atoms with Crippen molar-refractivity contribution in [3.8, 4) is 0 Å². The summed E-state index contributed by atoms with van der Waals surface area (Å²) < 4.78 is 18.9. The Labute approximate surface area is 220 Å². The van der Waals surface area contributed by atoms with Gasteiger partial charge in [-0.2, -0.15) is 0 Å². The van der Waals surface area contributed by atoms with Crippen LogP contribution in [-0.2, 0) is 18.1 Å². The largest absolute Gasteiger partial charge is 0.517 e. The number of Topliss-reactive ketones (excluding diaryl/α,β-unsaturated/α-hetero) is 1. The number of rotatable bonds is 25. The van der Waals surface area contributed by atoms with E-state index >= 15 is 0 Å². The van der Waals surface area contributed by atoms with Gasteiger partial charge in [0.1, 0.15) is 10.8 Å². The minimum absolute atomic E-state index is 0.113. The average molecular weight is 516 g/mol. The first-order chi connectivity index (χ1) is 16.7. The van der Waals surface area contributed by atoms with Crippen LogP contribution in [0.25, 0.3) is 0 Å². The van der Waals surface area contributed by atoms with E-state index in [4.69, 9.17) is 19.0 Å². The fourth-order valence-corrected chi connectivity index (χ4v) is 9.41. The zero-order valence-corrected chi connectivity index (χ0v) is 25.6. The molecule has 0 saturated heterocycles. The summed E-state index contributed by atoms with van der Waals surface area (Å²) in [6.45, 7) is 15.2. The maximum Gasteiger partial charge on any atom is 0.517 e. The Bertz CT molecular complexity index is 506. The van der Waals surface area contributed by atoms with E-state index in [1.54, 1.807) is 0 Å². The smallest absolute Gasteiger partial charge is 0.373 e. The van der Waals surface area contributed by atoms with Crippen molar-refractivity contribution in [3.05, 3.63) is 0 Å². The molecule has 5 nitrogen and oxygen atoms in total. The van der Waals surface area contributed by atoms with Gasteiger partial charge in [-0.1, -0.05) is 104 Å². The quantitative estimate of drug-likeness (QED) is 0.0976. The van der Waals surface area contributed by atoms with Crippen LogP contribution in [0, 0.1) is 0 Å². The lowest BCUT2D eigenvalue weighted by atomic mass is 9.79. The van der Waals surface area contributed by atoms with E-state index in [1.807, 2.05) is 41.5 Å². The molecule has 0 bridgehead atoms. The molecule has 210 valence electrons. The van der Waals surface area contributed by atoms with Gasteiger partial charge in [-0.3, -0.25) is 4.79 Å². The van der Waals surface area contributed by atoms with Crippen molar-refractivity contribution in [2.45, 2.75) is 162 Å². The summed E-state index contributed by atoms with van der Waals surface area (Å²) in [5, 5.41) is -0.937. The second-order valence-electron chi connectivity index (χ2n) is 10.6. The van der Waals surface area contributed by atoms with E-state index in [2.05, 4.69) is 6.92 Å². The summed E-state index contributed by atoms with van der Waals surface area (Å²) in [5.41, 5.74) is 5.99. The topological polar surface area (TPSA) is 70.8 Å². The predicted molar refractivity (Wildman–Crippen MR) is 152 cm³/mol. The lowest BCUT2D eigenvalue weighted by Crippen LogP contribution is -2.69. The van der Waals surface area contributed by atoms with Crippen molar-refractivity contribution in [3.63, 3.8) is 0 Å². The maximum absolute atomic E-state index is 13.6. The van der Waals surface area contributed by atoms with Crippen molar-refractivity contribution < 1.29 is 18.1 Å². The summed E-state index contributed by atoms with van der Waals surface area (Å²) >= 11 is 0. The van der Waals surface area contributed by atoms with E-state index in [9.17, 15) is 4.79 Å². The van der Waals surface area contributed by atoms with Crippen LogP contribution in [0.4, 0.5) is 0 Å². The first-order valence-electron chi connectivity index (χ1n) is 15.0. The lowest BCUT2D eigenvalue weighted by Gasteiger charge is -2.51. The lowest BCUT2D eigenvalue weighted by molar-refractivity contribution is -0.127. The van der Waals surface area contributed by atoms with Crippen molar-refractivity contribution in [1.82, 2.24) is 0 Å². The first kappa shape index (κ1) is 34.7. The number of ketones is 1. The van der Waals surface area contributed by atoms with Gasteiger partial charge in [0, 0.05) is 31.8 Å². The Morgan fingerprint density at radius 2 is 0.971 bits per heavy atom. The molecule has 0 saturated carbocycles. The second-order valence-corrected chi connectivity index (χ2v) is 13.4. The standard InChI is InChI=1S/C29H61NO4Si/c1-8-13-14-15-16-17-18-19-20-21-22-23-24-25-26-29(27(31)9-2,28(6,7)30)35(32-10-3,33-11-4)34-12-5/h8-26,30H2,1-7H3. The highest BCUT2D eigenvalue weighted by atomic mass is 28.4. The Morgan fingerprint density at radius 3 is 1.26 bits per heavy atom. The van der Waals surface area contributed by atoms with Crippen molar-refractivity contribution in [1.29, 1.82) is 0 Å². The van der Waals surface area contributed by atoms with Gasteiger partial charge in [0.25, 0.3) is 0 Å². The monoisotopic (exact) mass is 515 g/mol. The van der Waals surface area contributed by atoms with Gasteiger partial charge < -0.3 is 19.0 Å². The van der Waals surface area contributed by atoms with Crippen LogP contribution in [0.2, 0.25) is 5.04 Å². The van der Waals surface area contributed by atoms with Crippen molar-refractivity contribution in [2.75, 3.05) is 19.8 Å². The van der Waals surface area contributed by atoms with Gasteiger partial charge in [-0.15, -0.1) is 0 Å². The van der Waals surface area contributed by atoms with Crippen LogP contribution in [0.3, 0.4) is 0 Å². The highest BCUT2D eigenvalue weighted by Crippen LogP contribution is 2.53. The minimum atomic E-state index is -3.37. The van der Waals surface area contributed by atoms with Crippen molar-refractivity contribution >= 4 is 14.6 Å². The normalized spacial score (nSPS) is 14.3. The fraction of sp³-hybridized carbons (Fsp3) is 0.966. The van der Waals surface area contributed by atoms with Crippen LogP contribution in [0.1, 0.15) is 151 Å². The molecule has 0 rings (SSSR count). The number of hydrogen-bond donors (Lipinski definition) is 1. The highest BCUT2D eigenvalue weighted by Gasteiger charge is 2.69. The predicted octanol–water partition coefficient (Wildman–Crippen LogP) is 8.36. The molecule has 1 atom stereocenters. The molecule has 0 aliphatic heterocycles. The van der Waals surface area contributed by atoms with Crippen LogP contribution in [0.15, 0.2) is 0 Å². The van der Waals surface area contributed by atoms with Gasteiger partial charge >= 0.3 is 8.80 Å². The van der Waals surface area contributed by atoms with Gasteiger partial charge in [0.15, 0.2) is 0 Å². The summed E-state index contributed by atoms with van der Waals surface area (Å²) in [4.78, 5) is 13.6. The number of nitrogens with two attached hydrogens (primary N) is 1. The molecule has 0 aliphatic rings. The third-order valence-corrected chi connectivity index (χ3v) is 11.6. The number of carbonyl (C=O) groups is 1. The van der Waals surface area contributed by atoms with Gasteiger partial charge in [0.05, 0.1) is 0 Å². The molecule has 1 unspecified atom stereocenters. The third kappa shape index (κ3) is 11.3. The molecule has 35 heavy (non-hydrogen) atoms. The van der Waals surface area contributed by atoms with Crippen LogP contribution in [-0.4, -0.2) is 39.9 Å². The molecule has 0 aromatic rings. The average Bonchev–Trinajstić information content (AvgIpc) is 2.81. The summed E-state index contributed by atoms with van der Waals surface area (Å²) in [5.74, 6) is 0.113. The van der Waals surface area contributed by atoms with E-state index < -0.39 is 19.4 Å². The highest BCUT2D eigenvalue weighted by molar-refractivity contribution is 6.69. The molecule has 6 heteroatoms. The SMILES string of the molecule is CCCCCCCCCCCCCCCCC(C(=O)CC)(C(C)(C)N)[Si](OCC)(OCC)OCC. The summed E-state index contributed by atoms with van der Waals surface area (Å²) in [6, 6.07) is 0. The number of hydrogen-bond acceptors (Lipinski definition) is 5. The minimum Gasteiger partial charge on any atom is -0.373 e. The molecule has 0 fully saturated rings. The molecule has 0 spiro atoms. The number of unbranched alkanes of at least 4 members (excludes halogenated alkanes) is 13. The Kier molecular flexibility index (Phi) is 19.6. The van der Waals surface area contributed by atoms with E-state index in [-0.39, 0.29) is 5.78 Å². The van der Waals surface area contributed by atoms with Gasteiger partial charge in [-0.05, 0) is 41.0 Å². The zero-order chi connectivity index (χ0) is 26.6. The zero-order valence-electron chi connectivity index (χ0n) is 24.6. The molecular formula is C29H61NO4Si.